The van der Waals surface area contributed by atoms with Crippen LogP contribution in [0.4, 0.5) is 0 Å². The molecular formula is C61H36N2. The van der Waals surface area contributed by atoms with Gasteiger partial charge in [0.15, 0.2) is 0 Å². The third-order valence-corrected chi connectivity index (χ3v) is 14.7. The molecule has 2 aromatic heterocycles. The van der Waals surface area contributed by atoms with E-state index in [0.717, 1.165) is 0 Å². The number of fused-ring (bicyclic) bond motifs is 23. The van der Waals surface area contributed by atoms with E-state index in [2.05, 4.69) is 228 Å². The Morgan fingerprint density at radius 1 is 0.286 bits per heavy atom. The highest BCUT2D eigenvalue weighted by Crippen LogP contribution is 2.66. The van der Waals surface area contributed by atoms with Crippen LogP contribution in [0.3, 0.4) is 0 Å². The average Bonchev–Trinajstić information content (AvgIpc) is 4.06. The van der Waals surface area contributed by atoms with Crippen LogP contribution in [0.15, 0.2) is 218 Å². The van der Waals surface area contributed by atoms with Crippen LogP contribution >= 0.6 is 0 Å². The van der Waals surface area contributed by atoms with Crippen molar-refractivity contribution in [2.45, 2.75) is 5.41 Å². The van der Waals surface area contributed by atoms with Crippen molar-refractivity contribution in [2.75, 3.05) is 0 Å². The molecule has 2 aliphatic carbocycles. The normalized spacial score (nSPS) is 15.0. The second kappa shape index (κ2) is 12.0. The van der Waals surface area contributed by atoms with Gasteiger partial charge in [0.2, 0.25) is 0 Å². The summed E-state index contributed by atoms with van der Waals surface area (Å²) in [6.45, 7) is 0. The number of hydrogen-bond acceptors (Lipinski definition) is 0. The van der Waals surface area contributed by atoms with Crippen LogP contribution < -0.4 is 0 Å². The first-order valence-electron chi connectivity index (χ1n) is 22.0. The number of aromatic nitrogens is 2. The third kappa shape index (κ3) is 4.05. The van der Waals surface area contributed by atoms with E-state index in [4.69, 9.17) is 0 Å². The maximum atomic E-state index is 2.54. The van der Waals surface area contributed by atoms with Gasteiger partial charge in [0, 0.05) is 32.6 Å². The molecule has 1 unspecified atom stereocenters. The van der Waals surface area contributed by atoms with Gasteiger partial charge in [0.25, 0.3) is 0 Å². The molecule has 0 radical (unpaired) electrons. The smallest absolute Gasteiger partial charge is 0.0732 e. The van der Waals surface area contributed by atoms with E-state index in [0.29, 0.717) is 0 Å². The van der Waals surface area contributed by atoms with E-state index in [1.165, 1.54) is 132 Å². The summed E-state index contributed by atoms with van der Waals surface area (Å²) in [5, 5.41) is 12.7. The number of rotatable bonds is 2. The summed E-state index contributed by atoms with van der Waals surface area (Å²) in [5.74, 6) is 0. The molecule has 1 atom stereocenters. The van der Waals surface area contributed by atoms with Crippen molar-refractivity contribution in [1.82, 2.24) is 9.13 Å². The lowest BCUT2D eigenvalue weighted by Gasteiger charge is -2.32. The largest absolute Gasteiger partial charge is 0.309 e. The van der Waals surface area contributed by atoms with Gasteiger partial charge in [-0.1, -0.05) is 176 Å². The van der Waals surface area contributed by atoms with Gasteiger partial charge in [-0.3, -0.25) is 0 Å². The molecule has 0 amide bonds. The van der Waals surface area contributed by atoms with Crippen molar-refractivity contribution in [3.63, 3.8) is 0 Å². The van der Waals surface area contributed by atoms with Gasteiger partial charge in [0.05, 0.1) is 33.2 Å². The minimum absolute atomic E-state index is 0.591. The van der Waals surface area contributed by atoms with Crippen LogP contribution in [-0.2, 0) is 5.41 Å². The second-order valence-corrected chi connectivity index (χ2v) is 17.5. The summed E-state index contributed by atoms with van der Waals surface area (Å²) in [6, 6.07) is 82.2. The van der Waals surface area contributed by atoms with E-state index in [1.807, 2.05) is 0 Å². The van der Waals surface area contributed by atoms with Gasteiger partial charge >= 0.3 is 0 Å². The lowest BCUT2D eigenvalue weighted by Crippen LogP contribution is -2.26. The van der Waals surface area contributed by atoms with Gasteiger partial charge < -0.3 is 9.13 Å². The molecule has 0 N–H and O–H groups in total. The number of hydrogen-bond donors (Lipinski definition) is 0. The van der Waals surface area contributed by atoms with Crippen molar-refractivity contribution in [3.05, 3.63) is 241 Å². The molecule has 15 rings (SSSR count). The molecule has 0 fully saturated rings. The first-order valence-corrected chi connectivity index (χ1v) is 22.0. The van der Waals surface area contributed by atoms with Gasteiger partial charge in [-0.2, -0.15) is 0 Å². The Balaban J connectivity index is 1.14. The Kier molecular flexibility index (Phi) is 6.38. The molecule has 0 saturated heterocycles. The van der Waals surface area contributed by atoms with E-state index in [1.54, 1.807) is 0 Å². The zero-order valence-corrected chi connectivity index (χ0v) is 34.2. The molecular weight excluding hydrogens is 761 g/mol. The monoisotopic (exact) mass is 796 g/mol. The zero-order valence-electron chi connectivity index (χ0n) is 34.2. The first kappa shape index (κ1) is 33.5. The Labute approximate surface area is 363 Å². The summed E-state index contributed by atoms with van der Waals surface area (Å²) in [7, 11) is 0. The van der Waals surface area contributed by atoms with Gasteiger partial charge in [-0.15, -0.1) is 0 Å². The van der Waals surface area contributed by atoms with Crippen LogP contribution in [0.2, 0.25) is 0 Å². The highest BCUT2D eigenvalue weighted by atomic mass is 15.0. The third-order valence-electron chi connectivity index (χ3n) is 14.7. The molecule has 13 aromatic rings. The maximum absolute atomic E-state index is 2.54. The van der Waals surface area contributed by atoms with Crippen LogP contribution in [-0.4, -0.2) is 9.13 Å². The van der Waals surface area contributed by atoms with Crippen LogP contribution in [0.5, 0.6) is 0 Å². The van der Waals surface area contributed by atoms with Crippen molar-refractivity contribution < 1.29 is 0 Å². The molecule has 1 spiro atoms. The van der Waals surface area contributed by atoms with Crippen molar-refractivity contribution >= 4 is 75.9 Å². The Morgan fingerprint density at radius 3 is 1.35 bits per heavy atom. The van der Waals surface area contributed by atoms with Gasteiger partial charge in [-0.05, 0) is 114 Å². The van der Waals surface area contributed by atoms with Crippen molar-refractivity contribution in [1.29, 1.82) is 0 Å². The average molecular weight is 797 g/mol. The molecule has 0 bridgehead atoms. The first-order chi connectivity index (χ1) is 31.3. The van der Waals surface area contributed by atoms with Crippen molar-refractivity contribution in [3.8, 4) is 33.6 Å². The fourth-order valence-corrected chi connectivity index (χ4v) is 12.4. The van der Waals surface area contributed by atoms with Gasteiger partial charge in [-0.25, -0.2) is 0 Å². The molecule has 11 aromatic carbocycles. The molecule has 2 heteroatoms. The summed E-state index contributed by atoms with van der Waals surface area (Å²) < 4.78 is 4.99. The Morgan fingerprint density at radius 2 is 0.730 bits per heavy atom. The predicted octanol–water partition coefficient (Wildman–Crippen LogP) is 15.7. The zero-order chi connectivity index (χ0) is 41.0. The standard InChI is InChI=1S/C61H36N2/c1-3-24-46-38(17-1)49-36-57(63-55-31-15-9-21-43(55)44-22-10-16-32-56(44)63)45-23-2-4-25-47(45)59(49)60-58(46)48-26-6-12-28-51(48)61(60)50-27-11-5-18-39(50)40-34-33-37(35-52(40)61)62-53-29-13-7-19-41(53)42-20-8-14-30-54(42)62/h1-36H. The minimum Gasteiger partial charge on any atom is -0.309 e. The molecule has 0 aliphatic heterocycles. The lowest BCUT2D eigenvalue weighted by molar-refractivity contribution is 0.801. The second-order valence-electron chi connectivity index (χ2n) is 17.5. The number of benzene rings is 11. The highest BCUT2D eigenvalue weighted by molar-refractivity contribution is 6.28. The molecule has 290 valence electrons. The minimum atomic E-state index is -0.591. The van der Waals surface area contributed by atoms with E-state index in [9.17, 15) is 0 Å². The number of para-hydroxylation sites is 4. The highest BCUT2D eigenvalue weighted by Gasteiger charge is 2.53. The molecule has 2 heterocycles. The summed E-state index contributed by atoms with van der Waals surface area (Å²) in [4.78, 5) is 0. The Bertz CT molecular complexity index is 4050. The topological polar surface area (TPSA) is 9.86 Å². The molecule has 0 saturated carbocycles. The fraction of sp³-hybridized carbons (Fsp3) is 0.0164. The quantitative estimate of drug-likeness (QED) is 0.154. The maximum Gasteiger partial charge on any atom is 0.0732 e. The summed E-state index contributed by atoms with van der Waals surface area (Å²) >= 11 is 0. The summed E-state index contributed by atoms with van der Waals surface area (Å²) in [6.07, 6.45) is 0. The predicted molar refractivity (Wildman–Crippen MR) is 264 cm³/mol. The van der Waals surface area contributed by atoms with Crippen LogP contribution in [0.1, 0.15) is 22.3 Å². The van der Waals surface area contributed by atoms with Crippen LogP contribution in [0, 0.1) is 0 Å². The molecule has 63 heavy (non-hydrogen) atoms. The molecule has 2 aliphatic rings. The summed E-state index contributed by atoms with van der Waals surface area (Å²) in [5.41, 5.74) is 17.3. The molecule has 2 nitrogen and oxygen atoms in total. The number of nitrogens with zero attached hydrogens (tertiary/aromatic N) is 2. The lowest BCUT2D eigenvalue weighted by atomic mass is 9.68. The van der Waals surface area contributed by atoms with E-state index >= 15 is 0 Å². The van der Waals surface area contributed by atoms with Crippen LogP contribution in [0.25, 0.3) is 110 Å². The van der Waals surface area contributed by atoms with E-state index < -0.39 is 5.41 Å². The Hall–Kier alpha value is -8.20. The SMILES string of the molecule is c1ccc2c(c1)-c1ccc(-n3c4ccccc4c4ccccc43)cc1C21c2ccccc2-c2c1c1c3ccccc3c(-n3c4ccccc4c4ccccc43)cc1c1ccccc21. The van der Waals surface area contributed by atoms with E-state index in [-0.39, 0.29) is 0 Å². The van der Waals surface area contributed by atoms with Gasteiger partial charge in [0.1, 0.15) is 0 Å². The fourth-order valence-electron chi connectivity index (χ4n) is 12.4. The van der Waals surface area contributed by atoms with Crippen molar-refractivity contribution in [2.24, 2.45) is 0 Å².